The topological polar surface area (TPSA) is 66.5 Å². The summed E-state index contributed by atoms with van der Waals surface area (Å²) >= 11 is 0. The van der Waals surface area contributed by atoms with Crippen LogP contribution in [0.25, 0.3) is 0 Å². The molecule has 1 aromatic carbocycles. The van der Waals surface area contributed by atoms with Crippen molar-refractivity contribution in [2.45, 2.75) is 39.2 Å². The summed E-state index contributed by atoms with van der Waals surface area (Å²) in [5, 5.41) is 3.14. The van der Waals surface area contributed by atoms with Gasteiger partial charge in [-0.1, -0.05) is 19.1 Å². The molecule has 0 saturated carbocycles. The van der Waals surface area contributed by atoms with Crippen molar-refractivity contribution in [1.82, 2.24) is 4.98 Å². The van der Waals surface area contributed by atoms with Crippen LogP contribution in [0.3, 0.4) is 0 Å². The number of nitrogens with two attached hydrogens (primary N) is 1. The van der Waals surface area contributed by atoms with Crippen LogP contribution >= 0.6 is 0 Å². The van der Waals surface area contributed by atoms with E-state index in [1.165, 1.54) is 24.8 Å². The maximum absolute atomic E-state index is 6.02. The number of hydrogen-bond donors (Lipinski definition) is 2. The first-order valence-corrected chi connectivity index (χ1v) is 9.10. The maximum atomic E-state index is 6.02. The molecule has 1 aliphatic rings. The molecule has 5 nitrogen and oxygen atoms in total. The van der Waals surface area contributed by atoms with E-state index in [1.54, 1.807) is 0 Å². The minimum absolute atomic E-state index is 0.431. The maximum Gasteiger partial charge on any atom is 0.193 e. The predicted molar refractivity (Wildman–Crippen MR) is 105 cm³/mol. The molecule has 1 aromatic heterocycles. The Kier molecular flexibility index (Phi) is 5.88. The van der Waals surface area contributed by atoms with Gasteiger partial charge in [0.25, 0.3) is 0 Å². The highest BCUT2D eigenvalue weighted by Crippen LogP contribution is 2.18. The van der Waals surface area contributed by atoms with Gasteiger partial charge in [0, 0.05) is 25.0 Å². The van der Waals surface area contributed by atoms with Gasteiger partial charge < -0.3 is 16.0 Å². The number of nitrogens with zero attached hydrogens (tertiary/aromatic N) is 3. The quantitative estimate of drug-likeness (QED) is 0.647. The normalized spacial score (nSPS) is 15.2. The van der Waals surface area contributed by atoms with E-state index >= 15 is 0 Å². The Hall–Kier alpha value is -2.56. The first kappa shape index (κ1) is 17.3. The van der Waals surface area contributed by atoms with Crippen LogP contribution in [0.4, 0.5) is 11.5 Å². The Balaban J connectivity index is 1.60. The summed E-state index contributed by atoms with van der Waals surface area (Å²) in [5.74, 6) is 1.48. The predicted octanol–water partition coefficient (Wildman–Crippen LogP) is 3.56. The van der Waals surface area contributed by atoms with Crippen molar-refractivity contribution >= 4 is 17.5 Å². The Morgan fingerprint density at radius 2 is 1.88 bits per heavy atom. The van der Waals surface area contributed by atoms with Crippen LogP contribution in [0, 0.1) is 0 Å². The van der Waals surface area contributed by atoms with Crippen molar-refractivity contribution in [3.05, 3.63) is 53.7 Å². The number of guanidine groups is 1. The van der Waals surface area contributed by atoms with Gasteiger partial charge in [0.1, 0.15) is 5.82 Å². The fourth-order valence-corrected chi connectivity index (χ4v) is 3.04. The molecule has 3 N–H and O–H groups in total. The molecular weight excluding hydrogens is 310 g/mol. The van der Waals surface area contributed by atoms with E-state index in [4.69, 9.17) is 5.73 Å². The van der Waals surface area contributed by atoms with E-state index in [0.717, 1.165) is 36.6 Å². The number of piperidine rings is 1. The number of pyridine rings is 1. The van der Waals surface area contributed by atoms with Gasteiger partial charge in [-0.2, -0.15) is 0 Å². The molecule has 0 spiro atoms. The van der Waals surface area contributed by atoms with Crippen molar-refractivity contribution in [2.24, 2.45) is 10.7 Å². The molecule has 0 amide bonds. The molecule has 2 heterocycles. The van der Waals surface area contributed by atoms with Crippen LogP contribution in [-0.4, -0.2) is 24.0 Å². The number of anilines is 2. The average molecular weight is 337 g/mol. The lowest BCUT2D eigenvalue weighted by molar-refractivity contribution is 0.573. The second-order valence-corrected chi connectivity index (χ2v) is 6.45. The van der Waals surface area contributed by atoms with Gasteiger partial charge in [0.05, 0.1) is 6.54 Å². The van der Waals surface area contributed by atoms with Crippen LogP contribution in [0.1, 0.15) is 37.3 Å². The third-order valence-electron chi connectivity index (χ3n) is 4.56. The van der Waals surface area contributed by atoms with Crippen LogP contribution in [0.5, 0.6) is 0 Å². The van der Waals surface area contributed by atoms with Crippen molar-refractivity contribution < 1.29 is 0 Å². The van der Waals surface area contributed by atoms with E-state index in [-0.39, 0.29) is 0 Å². The highest BCUT2D eigenvalue weighted by Gasteiger charge is 2.12. The van der Waals surface area contributed by atoms with E-state index in [0.29, 0.717) is 12.5 Å². The molecule has 132 valence electrons. The van der Waals surface area contributed by atoms with Crippen molar-refractivity contribution in [3.8, 4) is 0 Å². The number of aryl methyl sites for hydroxylation is 1. The number of aliphatic imine (C=N–C) groups is 1. The molecule has 5 heteroatoms. The zero-order chi connectivity index (χ0) is 17.5. The van der Waals surface area contributed by atoms with Crippen molar-refractivity contribution in [3.63, 3.8) is 0 Å². The molecular formula is C20H27N5. The van der Waals surface area contributed by atoms with Gasteiger partial charge in [-0.25, -0.2) is 9.98 Å². The van der Waals surface area contributed by atoms with Crippen molar-refractivity contribution in [2.75, 3.05) is 23.3 Å². The Labute approximate surface area is 150 Å². The number of rotatable bonds is 5. The Bertz CT molecular complexity index is 702. The zero-order valence-corrected chi connectivity index (χ0v) is 14.9. The Morgan fingerprint density at radius 1 is 1.12 bits per heavy atom. The molecule has 1 fully saturated rings. The molecule has 0 radical (unpaired) electrons. The summed E-state index contributed by atoms with van der Waals surface area (Å²) in [7, 11) is 0. The molecule has 0 bridgehead atoms. The first-order chi connectivity index (χ1) is 12.2. The first-order valence-electron chi connectivity index (χ1n) is 9.10. The molecule has 1 aliphatic heterocycles. The van der Waals surface area contributed by atoms with E-state index in [2.05, 4.69) is 45.3 Å². The van der Waals surface area contributed by atoms with Gasteiger partial charge in [-0.15, -0.1) is 0 Å². The third kappa shape index (κ3) is 4.95. The standard InChI is InChI=1S/C20H27N5/c1-2-16-6-8-18(9-7-16)24-20(21)23-15-17-10-11-22-19(14-17)25-12-4-3-5-13-25/h6-11,14H,2-5,12-13,15H2,1H3,(H3,21,23,24). The van der Waals surface area contributed by atoms with Crippen LogP contribution in [0.2, 0.25) is 0 Å². The highest BCUT2D eigenvalue weighted by atomic mass is 15.2. The summed E-state index contributed by atoms with van der Waals surface area (Å²) in [6.07, 6.45) is 6.71. The molecule has 25 heavy (non-hydrogen) atoms. The summed E-state index contributed by atoms with van der Waals surface area (Å²) in [4.78, 5) is 11.3. The lowest BCUT2D eigenvalue weighted by atomic mass is 10.1. The lowest BCUT2D eigenvalue weighted by Gasteiger charge is -2.27. The smallest absolute Gasteiger partial charge is 0.193 e. The number of hydrogen-bond acceptors (Lipinski definition) is 3. The second-order valence-electron chi connectivity index (χ2n) is 6.45. The molecule has 0 aliphatic carbocycles. The van der Waals surface area contributed by atoms with Crippen LogP contribution in [0.15, 0.2) is 47.6 Å². The largest absolute Gasteiger partial charge is 0.370 e. The molecule has 3 rings (SSSR count). The van der Waals surface area contributed by atoms with E-state index < -0.39 is 0 Å². The summed E-state index contributed by atoms with van der Waals surface area (Å²) in [5.41, 5.74) is 9.41. The number of nitrogens with one attached hydrogen (secondary N) is 1. The third-order valence-corrected chi connectivity index (χ3v) is 4.56. The van der Waals surface area contributed by atoms with Gasteiger partial charge in [0.2, 0.25) is 0 Å². The summed E-state index contributed by atoms with van der Waals surface area (Å²) in [6.45, 7) is 4.88. The minimum atomic E-state index is 0.431. The molecule has 0 unspecified atom stereocenters. The van der Waals surface area contributed by atoms with Gasteiger partial charge in [-0.3, -0.25) is 0 Å². The van der Waals surface area contributed by atoms with Gasteiger partial charge >= 0.3 is 0 Å². The van der Waals surface area contributed by atoms with Gasteiger partial charge in [-0.05, 0) is 61.1 Å². The fraction of sp³-hybridized carbons (Fsp3) is 0.400. The van der Waals surface area contributed by atoms with Crippen LogP contribution < -0.4 is 16.0 Å². The van der Waals surface area contributed by atoms with E-state index in [9.17, 15) is 0 Å². The number of aromatic nitrogens is 1. The number of benzene rings is 1. The minimum Gasteiger partial charge on any atom is -0.370 e. The fourth-order valence-electron chi connectivity index (χ4n) is 3.04. The monoisotopic (exact) mass is 337 g/mol. The SMILES string of the molecule is CCc1ccc(NC(N)=NCc2ccnc(N3CCCCC3)c2)cc1. The average Bonchev–Trinajstić information content (AvgIpc) is 2.68. The van der Waals surface area contributed by atoms with Crippen molar-refractivity contribution in [1.29, 1.82) is 0 Å². The highest BCUT2D eigenvalue weighted by molar-refractivity contribution is 5.92. The van der Waals surface area contributed by atoms with Crippen LogP contribution in [-0.2, 0) is 13.0 Å². The van der Waals surface area contributed by atoms with Gasteiger partial charge in [0.15, 0.2) is 5.96 Å². The van der Waals surface area contributed by atoms with E-state index in [1.807, 2.05) is 24.4 Å². The zero-order valence-electron chi connectivity index (χ0n) is 14.9. The lowest BCUT2D eigenvalue weighted by Crippen LogP contribution is -2.30. The molecule has 0 atom stereocenters. The second kappa shape index (κ2) is 8.51. The Morgan fingerprint density at radius 3 is 2.60 bits per heavy atom. The summed E-state index contributed by atoms with van der Waals surface area (Å²) in [6, 6.07) is 12.4. The molecule has 2 aromatic rings. The summed E-state index contributed by atoms with van der Waals surface area (Å²) < 4.78 is 0. The molecule has 1 saturated heterocycles.